The van der Waals surface area contributed by atoms with Crippen molar-refractivity contribution in [2.24, 2.45) is 0 Å². The Bertz CT molecular complexity index is 612. The first kappa shape index (κ1) is 11.9. The summed E-state index contributed by atoms with van der Waals surface area (Å²) in [6, 6.07) is 7.99. The van der Waals surface area contributed by atoms with Crippen LogP contribution in [-0.4, -0.2) is 24.2 Å². The maximum absolute atomic E-state index is 11.5. The van der Waals surface area contributed by atoms with Crippen molar-refractivity contribution in [3.8, 4) is 0 Å². The smallest absolute Gasteiger partial charge is 0.227 e. The number of aryl methyl sites for hydroxylation is 1. The lowest BCUT2D eigenvalue weighted by Crippen LogP contribution is -2.09. The Morgan fingerprint density at radius 2 is 1.88 bits per heavy atom. The molecule has 0 amide bonds. The predicted octanol–water partition coefficient (Wildman–Crippen LogP) is 1.64. The molecular weight excluding hydrogens is 236 g/mol. The van der Waals surface area contributed by atoms with E-state index in [9.17, 15) is 8.42 Å². The van der Waals surface area contributed by atoms with Gasteiger partial charge in [-0.2, -0.15) is 0 Å². The van der Waals surface area contributed by atoms with Crippen LogP contribution in [0.15, 0.2) is 41.8 Å². The summed E-state index contributed by atoms with van der Waals surface area (Å²) in [7, 11) is -3.27. The van der Waals surface area contributed by atoms with E-state index in [2.05, 4.69) is 4.98 Å². The normalized spacial score (nSPS) is 11.6. The van der Waals surface area contributed by atoms with Gasteiger partial charge in [-0.3, -0.25) is 0 Å². The molecule has 0 saturated heterocycles. The van der Waals surface area contributed by atoms with Crippen LogP contribution < -0.4 is 0 Å². The molecule has 1 aromatic carbocycles. The molecule has 0 aliphatic rings. The minimum atomic E-state index is -3.27. The van der Waals surface area contributed by atoms with Gasteiger partial charge in [0.25, 0.3) is 0 Å². The molecular formula is C12H14N2O2S. The van der Waals surface area contributed by atoms with Gasteiger partial charge in [0.05, 0.1) is 0 Å². The molecule has 1 aromatic heterocycles. The van der Waals surface area contributed by atoms with E-state index in [4.69, 9.17) is 0 Å². The van der Waals surface area contributed by atoms with Gasteiger partial charge in [0.1, 0.15) is 0 Å². The highest BCUT2D eigenvalue weighted by atomic mass is 32.2. The van der Waals surface area contributed by atoms with E-state index < -0.39 is 9.84 Å². The summed E-state index contributed by atoms with van der Waals surface area (Å²) in [5, 5.41) is 0.109. The molecule has 2 rings (SSSR count). The number of benzene rings is 1. The highest BCUT2D eigenvalue weighted by Crippen LogP contribution is 2.10. The Morgan fingerprint density at radius 3 is 2.47 bits per heavy atom. The number of nitrogens with zero attached hydrogens (tertiary/aromatic N) is 2. The summed E-state index contributed by atoms with van der Waals surface area (Å²) in [5.41, 5.74) is 2.24. The Hall–Kier alpha value is -1.62. The summed E-state index contributed by atoms with van der Waals surface area (Å²) >= 11 is 0. The van der Waals surface area contributed by atoms with Crippen LogP contribution in [0.4, 0.5) is 0 Å². The second kappa shape index (κ2) is 4.33. The molecule has 0 spiro atoms. The van der Waals surface area contributed by atoms with E-state index in [-0.39, 0.29) is 5.16 Å². The maximum Gasteiger partial charge on any atom is 0.227 e. The van der Waals surface area contributed by atoms with Crippen LogP contribution in [0.3, 0.4) is 0 Å². The lowest BCUT2D eigenvalue weighted by Gasteiger charge is -2.06. The van der Waals surface area contributed by atoms with Gasteiger partial charge < -0.3 is 4.57 Å². The summed E-state index contributed by atoms with van der Waals surface area (Å²) in [6.07, 6.45) is 4.35. The average Bonchev–Trinajstić information content (AvgIpc) is 2.69. The van der Waals surface area contributed by atoms with Crippen LogP contribution in [-0.2, 0) is 16.4 Å². The van der Waals surface area contributed by atoms with E-state index >= 15 is 0 Å². The molecule has 0 N–H and O–H groups in total. The molecule has 0 unspecified atom stereocenters. The van der Waals surface area contributed by atoms with Crippen molar-refractivity contribution in [2.45, 2.75) is 18.6 Å². The van der Waals surface area contributed by atoms with Gasteiger partial charge >= 0.3 is 0 Å². The first-order valence-corrected chi connectivity index (χ1v) is 7.13. The molecule has 90 valence electrons. The van der Waals surface area contributed by atoms with Crippen molar-refractivity contribution in [1.29, 1.82) is 0 Å². The van der Waals surface area contributed by atoms with Gasteiger partial charge in [0.2, 0.25) is 15.0 Å². The fraction of sp³-hybridized carbons (Fsp3) is 0.250. The second-order valence-corrected chi connectivity index (χ2v) is 6.00. The Morgan fingerprint density at radius 1 is 1.24 bits per heavy atom. The van der Waals surface area contributed by atoms with Crippen LogP contribution >= 0.6 is 0 Å². The number of sulfone groups is 1. The van der Waals surface area contributed by atoms with Crippen LogP contribution in [0, 0.1) is 6.92 Å². The SMILES string of the molecule is Cc1ccc(Cn2ccnc2S(C)(=O)=O)cc1. The van der Waals surface area contributed by atoms with E-state index in [0.29, 0.717) is 6.54 Å². The van der Waals surface area contributed by atoms with Crippen LogP contribution in [0.2, 0.25) is 0 Å². The lowest BCUT2D eigenvalue weighted by atomic mass is 10.1. The quantitative estimate of drug-likeness (QED) is 0.832. The molecule has 0 saturated carbocycles. The molecule has 2 aromatic rings. The van der Waals surface area contributed by atoms with Gasteiger partial charge in [0, 0.05) is 25.2 Å². The van der Waals surface area contributed by atoms with Crippen molar-refractivity contribution in [3.63, 3.8) is 0 Å². The fourth-order valence-corrected chi connectivity index (χ4v) is 2.44. The molecule has 5 heteroatoms. The van der Waals surface area contributed by atoms with Crippen LogP contribution in [0.25, 0.3) is 0 Å². The van der Waals surface area contributed by atoms with Gasteiger partial charge in [0.15, 0.2) is 0 Å². The number of hydrogen-bond donors (Lipinski definition) is 0. The van der Waals surface area contributed by atoms with Crippen molar-refractivity contribution >= 4 is 9.84 Å². The zero-order chi connectivity index (χ0) is 12.5. The van der Waals surface area contributed by atoms with Crippen molar-refractivity contribution in [3.05, 3.63) is 47.8 Å². The third-order valence-electron chi connectivity index (χ3n) is 2.48. The zero-order valence-corrected chi connectivity index (χ0v) is 10.6. The summed E-state index contributed by atoms with van der Waals surface area (Å²) < 4.78 is 24.6. The van der Waals surface area contributed by atoms with Crippen LogP contribution in [0.5, 0.6) is 0 Å². The van der Waals surface area contributed by atoms with Gasteiger partial charge in [-0.25, -0.2) is 13.4 Å². The summed E-state index contributed by atoms with van der Waals surface area (Å²) in [5.74, 6) is 0. The van der Waals surface area contributed by atoms with E-state index in [1.54, 1.807) is 10.8 Å². The van der Waals surface area contributed by atoms with E-state index in [0.717, 1.165) is 5.56 Å². The number of hydrogen-bond acceptors (Lipinski definition) is 3. The molecule has 0 fully saturated rings. The summed E-state index contributed by atoms with van der Waals surface area (Å²) in [4.78, 5) is 3.88. The third kappa shape index (κ3) is 2.74. The number of rotatable bonds is 3. The Balaban J connectivity index is 2.31. The minimum absolute atomic E-state index is 0.109. The highest BCUT2D eigenvalue weighted by molar-refractivity contribution is 7.90. The lowest BCUT2D eigenvalue weighted by molar-refractivity contribution is 0.578. The average molecular weight is 250 g/mol. The molecule has 1 heterocycles. The van der Waals surface area contributed by atoms with Gasteiger partial charge in [-0.05, 0) is 12.5 Å². The topological polar surface area (TPSA) is 52.0 Å². The first-order chi connectivity index (χ1) is 7.97. The fourth-order valence-electron chi connectivity index (χ4n) is 1.63. The second-order valence-electron chi connectivity index (χ2n) is 4.10. The molecule has 0 radical (unpaired) electrons. The predicted molar refractivity (Wildman–Crippen MR) is 65.6 cm³/mol. The summed E-state index contributed by atoms with van der Waals surface area (Å²) in [6.45, 7) is 2.53. The zero-order valence-electron chi connectivity index (χ0n) is 9.79. The van der Waals surface area contributed by atoms with Crippen LogP contribution in [0.1, 0.15) is 11.1 Å². The van der Waals surface area contributed by atoms with Gasteiger partial charge in [-0.15, -0.1) is 0 Å². The van der Waals surface area contributed by atoms with E-state index in [1.165, 1.54) is 18.0 Å². The Kier molecular flexibility index (Phi) is 3.02. The molecule has 4 nitrogen and oxygen atoms in total. The van der Waals surface area contributed by atoms with E-state index in [1.807, 2.05) is 31.2 Å². The molecule has 17 heavy (non-hydrogen) atoms. The van der Waals surface area contributed by atoms with Gasteiger partial charge in [-0.1, -0.05) is 29.8 Å². The van der Waals surface area contributed by atoms with Crippen molar-refractivity contribution < 1.29 is 8.42 Å². The molecule has 0 bridgehead atoms. The minimum Gasteiger partial charge on any atom is -0.318 e. The monoisotopic (exact) mass is 250 g/mol. The largest absolute Gasteiger partial charge is 0.318 e. The highest BCUT2D eigenvalue weighted by Gasteiger charge is 2.14. The Labute approximate surface area is 101 Å². The number of aromatic nitrogens is 2. The molecule has 0 aliphatic carbocycles. The third-order valence-corrected chi connectivity index (χ3v) is 3.49. The standard InChI is InChI=1S/C12H14N2O2S/c1-10-3-5-11(6-4-10)9-14-8-7-13-12(14)17(2,15)16/h3-8H,9H2,1-2H3. The number of imidazole rings is 1. The molecule has 0 atom stereocenters. The van der Waals surface area contributed by atoms with Crippen molar-refractivity contribution in [2.75, 3.05) is 6.26 Å². The molecule has 0 aliphatic heterocycles. The first-order valence-electron chi connectivity index (χ1n) is 5.23. The van der Waals surface area contributed by atoms with Crippen molar-refractivity contribution in [1.82, 2.24) is 9.55 Å². The maximum atomic E-state index is 11.5.